The van der Waals surface area contributed by atoms with E-state index >= 15 is 0 Å². The molecule has 6 nitrogen and oxygen atoms in total. The van der Waals surface area contributed by atoms with Gasteiger partial charge in [-0.05, 0) is 30.9 Å². The molecule has 0 aliphatic heterocycles. The number of urea groups is 1. The lowest BCUT2D eigenvalue weighted by molar-refractivity contribution is -0.141. The molecule has 2 amide bonds. The van der Waals surface area contributed by atoms with E-state index in [-0.39, 0.29) is 18.0 Å². The van der Waals surface area contributed by atoms with Crippen LogP contribution in [0.5, 0.6) is 0 Å². The Bertz CT molecular complexity index is 450. The van der Waals surface area contributed by atoms with Crippen LogP contribution in [0.25, 0.3) is 0 Å². The predicted molar refractivity (Wildman–Crippen MR) is 68.4 cm³/mol. The van der Waals surface area contributed by atoms with Gasteiger partial charge in [0.05, 0.1) is 5.92 Å². The number of nitrogens with one attached hydrogen (secondary N) is 2. The second-order valence-electron chi connectivity index (χ2n) is 4.73. The van der Waals surface area contributed by atoms with Gasteiger partial charge >= 0.3 is 12.0 Å². The van der Waals surface area contributed by atoms with E-state index in [0.717, 1.165) is 12.0 Å². The molecule has 2 rings (SSSR count). The zero-order valence-corrected chi connectivity index (χ0v) is 10.5. The molecule has 0 bridgehead atoms. The third-order valence-electron chi connectivity index (χ3n) is 3.29. The van der Waals surface area contributed by atoms with E-state index in [9.17, 15) is 9.59 Å². The summed E-state index contributed by atoms with van der Waals surface area (Å²) in [5.41, 5.74) is 0.924. The first kappa shape index (κ1) is 13.3. The van der Waals surface area contributed by atoms with Crippen LogP contribution in [0.3, 0.4) is 0 Å². The maximum atomic E-state index is 11.7. The number of rotatable bonds is 4. The Morgan fingerprint density at radius 1 is 1.42 bits per heavy atom. The van der Waals surface area contributed by atoms with Gasteiger partial charge in [-0.25, -0.2) is 4.79 Å². The van der Waals surface area contributed by atoms with E-state index < -0.39 is 5.97 Å². The van der Waals surface area contributed by atoms with Crippen molar-refractivity contribution in [2.45, 2.75) is 31.8 Å². The van der Waals surface area contributed by atoms with Crippen LogP contribution in [0.4, 0.5) is 4.79 Å². The predicted octanol–water partition coefficient (Wildman–Crippen LogP) is 1.13. The van der Waals surface area contributed by atoms with E-state index in [2.05, 4.69) is 15.6 Å². The van der Waals surface area contributed by atoms with Crippen molar-refractivity contribution in [1.82, 2.24) is 15.6 Å². The number of amides is 2. The third kappa shape index (κ3) is 3.94. The van der Waals surface area contributed by atoms with Crippen molar-refractivity contribution in [3.8, 4) is 0 Å². The lowest BCUT2D eigenvalue weighted by atomic mass is 10.1. The fourth-order valence-corrected chi connectivity index (χ4v) is 2.26. The summed E-state index contributed by atoms with van der Waals surface area (Å²) in [6, 6.07) is 3.38. The van der Waals surface area contributed by atoms with E-state index in [0.29, 0.717) is 19.4 Å². The molecule has 1 aromatic rings. The van der Waals surface area contributed by atoms with Gasteiger partial charge in [-0.1, -0.05) is 6.07 Å². The number of carbonyl (C=O) groups is 2. The van der Waals surface area contributed by atoms with Crippen LogP contribution in [-0.4, -0.2) is 28.1 Å². The number of carbonyl (C=O) groups excluding carboxylic acids is 1. The summed E-state index contributed by atoms with van der Waals surface area (Å²) in [7, 11) is 0. The highest BCUT2D eigenvalue weighted by Crippen LogP contribution is 2.25. The summed E-state index contributed by atoms with van der Waals surface area (Å²) in [4.78, 5) is 26.4. The minimum Gasteiger partial charge on any atom is -0.481 e. The second-order valence-corrected chi connectivity index (χ2v) is 4.73. The summed E-state index contributed by atoms with van der Waals surface area (Å²) in [6.45, 7) is 0.411. The molecule has 2 atom stereocenters. The van der Waals surface area contributed by atoms with Crippen molar-refractivity contribution in [2.24, 2.45) is 5.92 Å². The Labute approximate surface area is 111 Å². The molecule has 1 aliphatic rings. The standard InChI is InChI=1S/C13H17N3O3/c17-12(18)10-3-4-11(6-10)16-13(19)15-8-9-2-1-5-14-7-9/h1-2,5,7,10-11H,3-4,6,8H2,(H,17,18)(H2,15,16,19)/t10-,11+/m1/s1. The summed E-state index contributed by atoms with van der Waals surface area (Å²) in [5.74, 6) is -1.11. The Morgan fingerprint density at radius 3 is 2.89 bits per heavy atom. The molecule has 0 aromatic carbocycles. The van der Waals surface area contributed by atoms with Crippen LogP contribution in [0.1, 0.15) is 24.8 Å². The van der Waals surface area contributed by atoms with Gasteiger partial charge in [0.2, 0.25) is 0 Å². The maximum absolute atomic E-state index is 11.7. The smallest absolute Gasteiger partial charge is 0.315 e. The Kier molecular flexibility index (Phi) is 4.33. The van der Waals surface area contributed by atoms with Crippen molar-refractivity contribution in [2.75, 3.05) is 0 Å². The number of pyridine rings is 1. The maximum Gasteiger partial charge on any atom is 0.315 e. The molecule has 6 heteroatoms. The van der Waals surface area contributed by atoms with E-state index in [1.807, 2.05) is 12.1 Å². The number of aliphatic carboxylic acids is 1. The minimum atomic E-state index is -0.778. The zero-order chi connectivity index (χ0) is 13.7. The number of hydrogen-bond acceptors (Lipinski definition) is 3. The van der Waals surface area contributed by atoms with Crippen molar-refractivity contribution in [3.63, 3.8) is 0 Å². The average Bonchev–Trinajstić information content (AvgIpc) is 2.86. The van der Waals surface area contributed by atoms with Crippen molar-refractivity contribution >= 4 is 12.0 Å². The molecule has 0 saturated heterocycles. The first-order valence-electron chi connectivity index (χ1n) is 6.31. The van der Waals surface area contributed by atoms with Gasteiger partial charge in [0, 0.05) is 25.0 Å². The van der Waals surface area contributed by atoms with Crippen LogP contribution in [-0.2, 0) is 11.3 Å². The molecule has 3 N–H and O–H groups in total. The molecule has 102 valence electrons. The highest BCUT2D eigenvalue weighted by Gasteiger charge is 2.30. The van der Waals surface area contributed by atoms with E-state index in [1.54, 1.807) is 12.4 Å². The Balaban J connectivity index is 1.72. The number of nitrogens with zero attached hydrogens (tertiary/aromatic N) is 1. The van der Waals surface area contributed by atoms with Crippen LogP contribution in [0.2, 0.25) is 0 Å². The van der Waals surface area contributed by atoms with Gasteiger partial charge in [0.15, 0.2) is 0 Å². The third-order valence-corrected chi connectivity index (χ3v) is 3.29. The van der Waals surface area contributed by atoms with Gasteiger partial charge in [-0.3, -0.25) is 9.78 Å². The summed E-state index contributed by atoms with van der Waals surface area (Å²) in [5, 5.41) is 14.4. The van der Waals surface area contributed by atoms with Gasteiger partial charge in [-0.2, -0.15) is 0 Å². The van der Waals surface area contributed by atoms with Crippen molar-refractivity contribution in [3.05, 3.63) is 30.1 Å². The van der Waals surface area contributed by atoms with Gasteiger partial charge in [0.25, 0.3) is 0 Å². The largest absolute Gasteiger partial charge is 0.481 e. The molecule has 19 heavy (non-hydrogen) atoms. The van der Waals surface area contributed by atoms with Crippen molar-refractivity contribution < 1.29 is 14.7 Å². The molecular weight excluding hydrogens is 246 g/mol. The Hall–Kier alpha value is -2.11. The van der Waals surface area contributed by atoms with E-state index in [1.165, 1.54) is 0 Å². The number of hydrogen-bond donors (Lipinski definition) is 3. The second kappa shape index (κ2) is 6.17. The van der Waals surface area contributed by atoms with Crippen LogP contribution in [0.15, 0.2) is 24.5 Å². The number of carboxylic acid groups (broad SMARTS) is 1. The fraction of sp³-hybridized carbons (Fsp3) is 0.462. The van der Waals surface area contributed by atoms with Crippen LogP contribution in [0, 0.1) is 5.92 Å². The monoisotopic (exact) mass is 263 g/mol. The number of carboxylic acids is 1. The Morgan fingerprint density at radius 2 is 2.26 bits per heavy atom. The lowest BCUT2D eigenvalue weighted by Crippen LogP contribution is -2.40. The average molecular weight is 263 g/mol. The quantitative estimate of drug-likeness (QED) is 0.759. The highest BCUT2D eigenvalue weighted by atomic mass is 16.4. The molecule has 1 aliphatic carbocycles. The molecule has 1 heterocycles. The van der Waals surface area contributed by atoms with Crippen LogP contribution >= 0.6 is 0 Å². The lowest BCUT2D eigenvalue weighted by Gasteiger charge is -2.13. The molecular formula is C13H17N3O3. The normalized spacial score (nSPS) is 21.9. The SMILES string of the molecule is O=C(NCc1cccnc1)N[C@H]1CC[C@@H](C(=O)O)C1. The topological polar surface area (TPSA) is 91.3 Å². The van der Waals surface area contributed by atoms with Crippen LogP contribution < -0.4 is 10.6 Å². The van der Waals surface area contributed by atoms with Gasteiger partial charge in [-0.15, -0.1) is 0 Å². The van der Waals surface area contributed by atoms with Crippen molar-refractivity contribution in [1.29, 1.82) is 0 Å². The molecule has 0 unspecified atom stereocenters. The molecule has 0 radical (unpaired) electrons. The fourth-order valence-electron chi connectivity index (χ4n) is 2.26. The molecule has 0 spiro atoms. The first-order chi connectivity index (χ1) is 9.15. The van der Waals surface area contributed by atoms with Gasteiger partial charge < -0.3 is 15.7 Å². The zero-order valence-electron chi connectivity index (χ0n) is 10.5. The highest BCUT2D eigenvalue weighted by molar-refractivity contribution is 5.75. The van der Waals surface area contributed by atoms with E-state index in [4.69, 9.17) is 5.11 Å². The first-order valence-corrected chi connectivity index (χ1v) is 6.31. The summed E-state index contributed by atoms with van der Waals surface area (Å²) in [6.07, 6.45) is 5.22. The summed E-state index contributed by atoms with van der Waals surface area (Å²) >= 11 is 0. The molecule has 1 saturated carbocycles. The molecule has 1 aromatic heterocycles. The number of aromatic nitrogens is 1. The molecule has 1 fully saturated rings. The summed E-state index contributed by atoms with van der Waals surface area (Å²) < 4.78 is 0. The van der Waals surface area contributed by atoms with Gasteiger partial charge in [0.1, 0.15) is 0 Å². The minimum absolute atomic E-state index is 0.0463.